The molecule has 0 aromatic carbocycles. The van der Waals surface area contributed by atoms with Crippen LogP contribution in [0.1, 0.15) is 5.56 Å². The lowest BCUT2D eigenvalue weighted by Gasteiger charge is -1.96. The predicted octanol–water partition coefficient (Wildman–Crippen LogP) is 2.88. The Balaban J connectivity index is 2.87. The van der Waals surface area contributed by atoms with Crippen molar-refractivity contribution in [2.75, 3.05) is 0 Å². The largest absolute Gasteiger partial charge is 0.270 e. The van der Waals surface area contributed by atoms with E-state index < -0.39 is 6.08 Å². The first kappa shape index (κ1) is 8.59. The first-order chi connectivity index (χ1) is 5.70. The minimum absolute atomic E-state index is 0.267. The summed E-state index contributed by atoms with van der Waals surface area (Å²) in [4.78, 5) is 3.78. The zero-order valence-electron chi connectivity index (χ0n) is 6.30. The van der Waals surface area contributed by atoms with E-state index in [-0.39, 0.29) is 5.57 Å². The molecule has 0 fully saturated rings. The lowest BCUT2D eigenvalue weighted by Crippen LogP contribution is -1.79. The summed E-state index contributed by atoms with van der Waals surface area (Å²) in [5, 5.41) is 0. The van der Waals surface area contributed by atoms with Gasteiger partial charge in [-0.3, -0.25) is 4.98 Å². The van der Waals surface area contributed by atoms with Gasteiger partial charge in [0, 0.05) is 18.5 Å². The summed E-state index contributed by atoms with van der Waals surface area (Å²) in [6.45, 7) is 3.47. The second kappa shape index (κ2) is 3.76. The number of hydrogen-bond donors (Lipinski definition) is 0. The summed E-state index contributed by atoms with van der Waals surface area (Å²) in [6.07, 6.45) is 2.04. The number of allylic oxidation sites excluding steroid dienone is 2. The Hall–Kier alpha value is -1.51. The fourth-order valence-electron chi connectivity index (χ4n) is 0.768. The molecule has 0 spiro atoms. The summed E-state index contributed by atoms with van der Waals surface area (Å²) in [5.41, 5.74) is 0.869. The van der Waals surface area contributed by atoms with Gasteiger partial charge in [-0.05, 0) is 17.2 Å². The molecule has 0 N–H and O–H groups in total. The van der Waals surface area contributed by atoms with E-state index >= 15 is 0 Å². The molecule has 0 bridgehead atoms. The number of rotatable bonds is 2. The molecule has 3 heteroatoms. The van der Waals surface area contributed by atoms with Crippen LogP contribution in [0.15, 0.2) is 43.3 Å². The van der Waals surface area contributed by atoms with Gasteiger partial charge < -0.3 is 0 Å². The monoisotopic (exact) mass is 167 g/mol. The normalized spacial score (nSPS) is 9.17. The van der Waals surface area contributed by atoms with E-state index in [9.17, 15) is 8.78 Å². The zero-order valence-corrected chi connectivity index (χ0v) is 6.30. The molecule has 12 heavy (non-hydrogen) atoms. The molecule has 0 unspecified atom stereocenters. The number of hydrogen-bond acceptors (Lipinski definition) is 1. The number of nitrogens with zero attached hydrogens (tertiary/aromatic N) is 1. The van der Waals surface area contributed by atoms with Crippen LogP contribution in [0.4, 0.5) is 8.78 Å². The lowest BCUT2D eigenvalue weighted by atomic mass is 10.1. The van der Waals surface area contributed by atoms with E-state index in [0.717, 1.165) is 6.08 Å². The van der Waals surface area contributed by atoms with Crippen molar-refractivity contribution in [1.29, 1.82) is 0 Å². The van der Waals surface area contributed by atoms with Gasteiger partial charge >= 0.3 is 0 Å². The van der Waals surface area contributed by atoms with E-state index in [0.29, 0.717) is 5.56 Å². The van der Waals surface area contributed by atoms with Crippen LogP contribution in [-0.2, 0) is 0 Å². The van der Waals surface area contributed by atoms with Crippen molar-refractivity contribution in [3.63, 3.8) is 0 Å². The Bertz CT molecular complexity index is 300. The van der Waals surface area contributed by atoms with Crippen molar-refractivity contribution < 1.29 is 8.78 Å². The Morgan fingerprint density at radius 3 is 2.75 bits per heavy atom. The molecule has 0 aliphatic heterocycles. The smallest absolute Gasteiger partial charge is 0.264 e. The van der Waals surface area contributed by atoms with Crippen molar-refractivity contribution >= 4 is 5.57 Å². The molecule has 0 saturated heterocycles. The quantitative estimate of drug-likeness (QED) is 0.617. The zero-order chi connectivity index (χ0) is 8.97. The Morgan fingerprint density at radius 1 is 1.50 bits per heavy atom. The van der Waals surface area contributed by atoms with E-state index in [1.807, 2.05) is 0 Å². The topological polar surface area (TPSA) is 12.9 Å². The predicted molar refractivity (Wildman–Crippen MR) is 43.6 cm³/mol. The van der Waals surface area contributed by atoms with Gasteiger partial charge in [-0.2, -0.15) is 8.78 Å². The maximum Gasteiger partial charge on any atom is 0.270 e. The van der Waals surface area contributed by atoms with Crippen molar-refractivity contribution in [2.24, 2.45) is 0 Å². The van der Waals surface area contributed by atoms with Crippen molar-refractivity contribution in [3.05, 3.63) is 48.8 Å². The molecule has 1 aromatic heterocycles. The van der Waals surface area contributed by atoms with Gasteiger partial charge in [-0.25, -0.2) is 0 Å². The highest BCUT2D eigenvalue weighted by atomic mass is 19.3. The van der Waals surface area contributed by atoms with Gasteiger partial charge in [0.25, 0.3) is 6.08 Å². The van der Waals surface area contributed by atoms with E-state index in [2.05, 4.69) is 11.6 Å². The van der Waals surface area contributed by atoms with Crippen LogP contribution in [-0.4, -0.2) is 4.98 Å². The van der Waals surface area contributed by atoms with Gasteiger partial charge in [0.1, 0.15) is 0 Å². The van der Waals surface area contributed by atoms with Gasteiger partial charge in [0.2, 0.25) is 0 Å². The van der Waals surface area contributed by atoms with Crippen molar-refractivity contribution in [2.45, 2.75) is 0 Å². The second-order valence-corrected chi connectivity index (χ2v) is 2.20. The average molecular weight is 167 g/mol. The third kappa shape index (κ3) is 2.27. The van der Waals surface area contributed by atoms with Crippen LogP contribution in [0.3, 0.4) is 0 Å². The Labute approximate surface area is 69.1 Å². The number of aromatic nitrogens is 1. The molecule has 0 atom stereocenters. The van der Waals surface area contributed by atoms with Gasteiger partial charge in [0.05, 0.1) is 0 Å². The van der Waals surface area contributed by atoms with E-state index in [1.54, 1.807) is 18.3 Å². The first-order valence-corrected chi connectivity index (χ1v) is 3.32. The van der Waals surface area contributed by atoms with Gasteiger partial charge in [0.15, 0.2) is 0 Å². The third-order valence-corrected chi connectivity index (χ3v) is 1.32. The standard InChI is InChI=1S/C9H7F2N/c1-7(5-9(10)11)8-3-2-4-12-6-8/h2-6H,1H2. The van der Waals surface area contributed by atoms with Crippen molar-refractivity contribution in [1.82, 2.24) is 4.98 Å². The lowest BCUT2D eigenvalue weighted by molar-refractivity contribution is 0.422. The van der Waals surface area contributed by atoms with Crippen LogP contribution in [0.2, 0.25) is 0 Å². The Kier molecular flexibility index (Phi) is 2.69. The molecule has 0 amide bonds. The van der Waals surface area contributed by atoms with Gasteiger partial charge in [-0.1, -0.05) is 12.6 Å². The molecule has 0 radical (unpaired) electrons. The van der Waals surface area contributed by atoms with E-state index in [4.69, 9.17) is 0 Å². The highest BCUT2D eigenvalue weighted by Gasteiger charge is 1.96. The summed E-state index contributed by atoms with van der Waals surface area (Å²) >= 11 is 0. The summed E-state index contributed by atoms with van der Waals surface area (Å²) in [6, 6.07) is 3.35. The molecule has 0 saturated carbocycles. The van der Waals surface area contributed by atoms with Crippen LogP contribution in [0.5, 0.6) is 0 Å². The highest BCUT2D eigenvalue weighted by molar-refractivity contribution is 5.71. The first-order valence-electron chi connectivity index (χ1n) is 3.32. The molecule has 1 aromatic rings. The summed E-state index contributed by atoms with van der Waals surface area (Å²) in [7, 11) is 0. The minimum atomic E-state index is -1.75. The molecule has 0 aliphatic rings. The van der Waals surface area contributed by atoms with Crippen LogP contribution in [0.25, 0.3) is 5.57 Å². The molecule has 1 rings (SSSR count). The fraction of sp³-hybridized carbons (Fsp3) is 0. The molecular formula is C9H7F2N. The minimum Gasteiger partial charge on any atom is -0.264 e. The number of pyridine rings is 1. The molecule has 0 aliphatic carbocycles. The molecule has 1 heterocycles. The summed E-state index contributed by atoms with van der Waals surface area (Å²) < 4.78 is 23.5. The number of halogens is 2. The van der Waals surface area contributed by atoms with Crippen LogP contribution in [0, 0.1) is 0 Å². The Morgan fingerprint density at radius 2 is 2.25 bits per heavy atom. The van der Waals surface area contributed by atoms with E-state index in [1.165, 1.54) is 6.20 Å². The SMILES string of the molecule is C=C(C=C(F)F)c1cccnc1. The average Bonchev–Trinajstić information content (AvgIpc) is 2.05. The maximum atomic E-state index is 11.8. The fourth-order valence-corrected chi connectivity index (χ4v) is 0.768. The van der Waals surface area contributed by atoms with Gasteiger partial charge in [-0.15, -0.1) is 0 Å². The molecule has 62 valence electrons. The second-order valence-electron chi connectivity index (χ2n) is 2.20. The van der Waals surface area contributed by atoms with Crippen LogP contribution < -0.4 is 0 Å². The third-order valence-electron chi connectivity index (χ3n) is 1.32. The molecule has 1 nitrogen and oxygen atoms in total. The molecular weight excluding hydrogens is 160 g/mol. The highest BCUT2D eigenvalue weighted by Crippen LogP contribution is 2.14. The maximum absolute atomic E-state index is 11.8. The summed E-state index contributed by atoms with van der Waals surface area (Å²) in [5.74, 6) is 0. The van der Waals surface area contributed by atoms with Crippen molar-refractivity contribution in [3.8, 4) is 0 Å². The van der Waals surface area contributed by atoms with Crippen LogP contribution >= 0.6 is 0 Å².